The molecule has 0 spiro atoms. The Balaban J connectivity index is 1.44. The van der Waals surface area contributed by atoms with Crippen LogP contribution in [0.4, 0.5) is 24.5 Å². The summed E-state index contributed by atoms with van der Waals surface area (Å²) < 4.78 is 43.8. The van der Waals surface area contributed by atoms with Crippen LogP contribution in [0, 0.1) is 12.8 Å². The molecule has 1 N–H and O–H groups in total. The van der Waals surface area contributed by atoms with E-state index in [1.54, 1.807) is 42.5 Å². The number of nitrogens with one attached hydrogen (secondary N) is 1. The number of fused-ring (bicyclic) bond motifs is 2. The molecular formula is C30H21BrF3N3O4S2. The number of thiazole rings is 1. The lowest BCUT2D eigenvalue weighted by atomic mass is 9.83. The highest BCUT2D eigenvalue weighted by Gasteiger charge is 2.57. The van der Waals surface area contributed by atoms with E-state index in [4.69, 9.17) is 0 Å². The lowest BCUT2D eigenvalue weighted by molar-refractivity contribution is -0.137. The summed E-state index contributed by atoms with van der Waals surface area (Å²) >= 11 is 5.23. The first-order chi connectivity index (χ1) is 20.4. The van der Waals surface area contributed by atoms with Gasteiger partial charge in [0.15, 0.2) is 0 Å². The summed E-state index contributed by atoms with van der Waals surface area (Å²) in [5.41, 5.74) is 0.459. The summed E-state index contributed by atoms with van der Waals surface area (Å²) in [6, 6.07) is 18.6. The third-order valence-corrected chi connectivity index (χ3v) is 10.4. The summed E-state index contributed by atoms with van der Waals surface area (Å²) in [6.07, 6.45) is -4.80. The molecule has 43 heavy (non-hydrogen) atoms. The molecule has 1 saturated heterocycles. The van der Waals surface area contributed by atoms with Crippen molar-refractivity contribution in [3.05, 3.63) is 109 Å². The summed E-state index contributed by atoms with van der Waals surface area (Å²) in [5, 5.41) is 1.99. The largest absolute Gasteiger partial charge is 0.418 e. The number of rotatable bonds is 5. The van der Waals surface area contributed by atoms with Crippen LogP contribution in [-0.4, -0.2) is 27.5 Å². The number of halogens is 4. The number of amides is 3. The third kappa shape index (κ3) is 5.34. The Labute approximate surface area is 259 Å². The Morgan fingerprint density at radius 3 is 2.44 bits per heavy atom. The molecule has 0 radical (unpaired) electrons. The van der Waals surface area contributed by atoms with Gasteiger partial charge in [0.25, 0.3) is 0 Å². The molecule has 7 nitrogen and oxygen atoms in total. The molecule has 0 bridgehead atoms. The van der Waals surface area contributed by atoms with Crippen molar-refractivity contribution >= 4 is 68.1 Å². The number of aryl methyl sites for hydroxylation is 1. The molecule has 1 fully saturated rings. The van der Waals surface area contributed by atoms with Crippen LogP contribution in [0.1, 0.15) is 27.5 Å². The molecule has 13 heteroatoms. The van der Waals surface area contributed by atoms with Gasteiger partial charge in [-0.2, -0.15) is 13.2 Å². The standard InChI is InChI=1S/C30H21BrF3N3O4S2/c1-15-6-4-9-18(12-15)35-21(38)14-36-28-25(43-29(36)41)22(16-7-5-8-17(31)13-16)23-24(42-28)27(40)37(26(23)39)20-11-3-2-10-19(20)30(32,33)34/h2-13,22-24H,14H2,1H3,(H,35,38)/t22-,23?,24?/m1/s1. The first-order valence-corrected chi connectivity index (χ1v) is 15.5. The fourth-order valence-electron chi connectivity index (χ4n) is 5.53. The van der Waals surface area contributed by atoms with Gasteiger partial charge in [-0.3, -0.25) is 23.7 Å². The summed E-state index contributed by atoms with van der Waals surface area (Å²) in [6.45, 7) is 1.53. The van der Waals surface area contributed by atoms with Crippen LogP contribution in [0.5, 0.6) is 0 Å². The zero-order valence-corrected chi connectivity index (χ0v) is 25.4. The quantitative estimate of drug-likeness (QED) is 0.244. The van der Waals surface area contributed by atoms with Crippen molar-refractivity contribution in [3.8, 4) is 0 Å². The van der Waals surface area contributed by atoms with E-state index >= 15 is 0 Å². The monoisotopic (exact) mass is 687 g/mol. The molecule has 3 amide bonds. The minimum absolute atomic E-state index is 0.340. The SMILES string of the molecule is Cc1cccc(NC(=O)Cn2c3c(sc2=O)[C@H](c2cccc(Br)c2)C2C(=O)N(c4ccccc4C(F)(F)F)C(=O)C2S3)c1. The average molecular weight is 689 g/mol. The second-order valence-corrected chi connectivity index (χ2v) is 13.2. The molecular weight excluding hydrogens is 667 g/mol. The number of hydrogen-bond acceptors (Lipinski definition) is 6. The second-order valence-electron chi connectivity index (χ2n) is 10.2. The predicted molar refractivity (Wildman–Crippen MR) is 161 cm³/mol. The molecule has 3 aromatic carbocycles. The van der Waals surface area contributed by atoms with Crippen LogP contribution in [-0.2, 0) is 27.1 Å². The molecule has 2 aliphatic heterocycles. The number of imide groups is 1. The zero-order chi connectivity index (χ0) is 30.6. The maximum absolute atomic E-state index is 14.0. The Bertz CT molecular complexity index is 1850. The maximum Gasteiger partial charge on any atom is 0.418 e. The van der Waals surface area contributed by atoms with E-state index in [9.17, 15) is 32.3 Å². The van der Waals surface area contributed by atoms with Gasteiger partial charge in [0.1, 0.15) is 11.8 Å². The van der Waals surface area contributed by atoms with Crippen molar-refractivity contribution in [2.24, 2.45) is 5.92 Å². The Morgan fingerprint density at radius 1 is 0.977 bits per heavy atom. The zero-order valence-electron chi connectivity index (χ0n) is 22.2. The maximum atomic E-state index is 14.0. The van der Waals surface area contributed by atoms with Crippen molar-refractivity contribution in [1.29, 1.82) is 0 Å². The van der Waals surface area contributed by atoms with Crippen LogP contribution in [0.15, 0.2) is 87.1 Å². The van der Waals surface area contributed by atoms with Crippen molar-refractivity contribution in [3.63, 3.8) is 0 Å². The number of alkyl halides is 3. The minimum Gasteiger partial charge on any atom is -0.325 e. The first-order valence-electron chi connectivity index (χ1n) is 13.0. The van der Waals surface area contributed by atoms with Gasteiger partial charge in [-0.05, 0) is 54.4 Å². The summed E-state index contributed by atoms with van der Waals surface area (Å²) in [7, 11) is 0. The van der Waals surface area contributed by atoms with E-state index in [0.717, 1.165) is 40.8 Å². The summed E-state index contributed by atoms with van der Waals surface area (Å²) in [5.74, 6) is -3.94. The lowest BCUT2D eigenvalue weighted by Crippen LogP contribution is -2.33. The minimum atomic E-state index is -4.80. The van der Waals surface area contributed by atoms with Gasteiger partial charge >= 0.3 is 11.0 Å². The van der Waals surface area contributed by atoms with E-state index in [1.165, 1.54) is 16.7 Å². The van der Waals surface area contributed by atoms with Gasteiger partial charge < -0.3 is 5.32 Å². The third-order valence-electron chi connectivity index (χ3n) is 7.31. The van der Waals surface area contributed by atoms with Crippen LogP contribution in [0.3, 0.4) is 0 Å². The molecule has 2 aliphatic rings. The Morgan fingerprint density at radius 2 is 1.72 bits per heavy atom. The molecule has 220 valence electrons. The number of thioether (sulfide) groups is 1. The average Bonchev–Trinajstić information content (AvgIpc) is 3.38. The fraction of sp³-hybridized carbons (Fsp3) is 0.200. The fourth-order valence-corrected chi connectivity index (χ4v) is 8.72. The Kier molecular flexibility index (Phi) is 7.59. The van der Waals surface area contributed by atoms with E-state index in [2.05, 4.69) is 21.2 Å². The lowest BCUT2D eigenvalue weighted by Gasteiger charge is -2.30. The van der Waals surface area contributed by atoms with Crippen LogP contribution in [0.25, 0.3) is 0 Å². The molecule has 1 aromatic heterocycles. The van der Waals surface area contributed by atoms with E-state index in [1.807, 2.05) is 13.0 Å². The normalized spacial score (nSPS) is 19.7. The number of benzene rings is 3. The smallest absolute Gasteiger partial charge is 0.325 e. The van der Waals surface area contributed by atoms with E-state index in [-0.39, 0.29) is 6.54 Å². The van der Waals surface area contributed by atoms with E-state index < -0.39 is 57.1 Å². The molecule has 4 aromatic rings. The molecule has 0 saturated carbocycles. The number of anilines is 2. The van der Waals surface area contributed by atoms with Gasteiger partial charge in [0, 0.05) is 21.0 Å². The number of carbonyl (C=O) groups is 3. The second kappa shape index (κ2) is 11.1. The van der Waals surface area contributed by atoms with Gasteiger partial charge in [-0.25, -0.2) is 4.90 Å². The Hall–Kier alpha value is -3.68. The molecule has 3 heterocycles. The predicted octanol–water partition coefficient (Wildman–Crippen LogP) is 6.43. The number of carbonyl (C=O) groups excluding carboxylic acids is 3. The van der Waals surface area contributed by atoms with Crippen molar-refractivity contribution in [1.82, 2.24) is 4.57 Å². The molecule has 2 unspecified atom stereocenters. The van der Waals surface area contributed by atoms with Crippen molar-refractivity contribution in [2.45, 2.75) is 35.8 Å². The van der Waals surface area contributed by atoms with Crippen LogP contribution < -0.4 is 15.1 Å². The topological polar surface area (TPSA) is 88.5 Å². The highest BCUT2D eigenvalue weighted by Crippen LogP contribution is 2.54. The number of hydrogen-bond donors (Lipinski definition) is 1. The van der Waals surface area contributed by atoms with Crippen molar-refractivity contribution < 1.29 is 27.6 Å². The number of aromatic nitrogens is 1. The van der Waals surface area contributed by atoms with Crippen LogP contribution in [0.2, 0.25) is 0 Å². The number of nitrogens with zero attached hydrogens (tertiary/aromatic N) is 2. The van der Waals surface area contributed by atoms with Gasteiger partial charge in [0.2, 0.25) is 17.7 Å². The number of para-hydroxylation sites is 1. The van der Waals surface area contributed by atoms with Gasteiger partial charge in [0.05, 0.1) is 22.2 Å². The highest BCUT2D eigenvalue weighted by molar-refractivity contribution is 9.10. The van der Waals surface area contributed by atoms with Crippen molar-refractivity contribution in [2.75, 3.05) is 10.2 Å². The van der Waals surface area contributed by atoms with Gasteiger partial charge in [-0.1, -0.05) is 75.4 Å². The van der Waals surface area contributed by atoms with E-state index in [0.29, 0.717) is 30.5 Å². The van der Waals surface area contributed by atoms with Gasteiger partial charge in [-0.15, -0.1) is 0 Å². The highest BCUT2D eigenvalue weighted by atomic mass is 79.9. The van der Waals surface area contributed by atoms with Crippen LogP contribution >= 0.6 is 39.0 Å². The molecule has 0 aliphatic carbocycles. The summed E-state index contributed by atoms with van der Waals surface area (Å²) in [4.78, 5) is 54.8. The molecule has 6 rings (SSSR count). The molecule has 3 atom stereocenters. The first kappa shape index (κ1) is 29.4.